The van der Waals surface area contributed by atoms with Crippen LogP contribution in [0.5, 0.6) is 5.75 Å². The molecule has 1 aromatic carbocycles. The van der Waals surface area contributed by atoms with Gasteiger partial charge in [-0.15, -0.1) is 0 Å². The van der Waals surface area contributed by atoms with Crippen molar-refractivity contribution in [1.29, 1.82) is 0 Å². The summed E-state index contributed by atoms with van der Waals surface area (Å²) in [7, 11) is 0. The monoisotopic (exact) mass is 284 g/mol. The summed E-state index contributed by atoms with van der Waals surface area (Å²) in [6.07, 6.45) is 0.961. The number of alkyl halides is 2. The van der Waals surface area contributed by atoms with Crippen LogP contribution in [0.2, 0.25) is 0 Å². The highest BCUT2D eigenvalue weighted by Crippen LogP contribution is 2.20. The normalized spacial score (nSPS) is 22.0. The molecule has 1 aliphatic heterocycles. The van der Waals surface area contributed by atoms with E-state index in [0.717, 1.165) is 13.0 Å². The average molecular weight is 284 g/mol. The van der Waals surface area contributed by atoms with Crippen LogP contribution in [0.25, 0.3) is 0 Å². The van der Waals surface area contributed by atoms with Crippen molar-refractivity contribution < 1.29 is 18.3 Å². The zero-order chi connectivity index (χ0) is 14.5. The number of carbonyl (C=O) groups excluding carboxylic acids is 1. The molecule has 1 fully saturated rings. The van der Waals surface area contributed by atoms with Crippen LogP contribution in [0.3, 0.4) is 0 Å². The minimum atomic E-state index is -2.87. The number of carbonyl (C=O) groups is 1. The maximum Gasteiger partial charge on any atom is 0.387 e. The number of hydrogen-bond donors (Lipinski definition) is 2. The van der Waals surface area contributed by atoms with Crippen molar-refractivity contribution in [3.63, 3.8) is 0 Å². The molecule has 4 nitrogen and oxygen atoms in total. The molecule has 0 aromatic heterocycles. The Morgan fingerprint density at radius 3 is 2.90 bits per heavy atom. The Hall–Kier alpha value is -1.69. The van der Waals surface area contributed by atoms with Crippen molar-refractivity contribution >= 4 is 5.91 Å². The molecule has 2 unspecified atom stereocenters. The Kier molecular flexibility index (Phi) is 4.89. The molecule has 0 aliphatic carbocycles. The molecule has 2 rings (SSSR count). The highest BCUT2D eigenvalue weighted by Gasteiger charge is 2.28. The molecule has 110 valence electrons. The van der Waals surface area contributed by atoms with Crippen LogP contribution in [-0.4, -0.2) is 25.1 Å². The van der Waals surface area contributed by atoms with Crippen LogP contribution in [0.4, 0.5) is 8.78 Å². The predicted molar refractivity (Wildman–Crippen MR) is 70.5 cm³/mol. The second-order valence-corrected chi connectivity index (χ2v) is 4.90. The molecular weight excluding hydrogens is 266 g/mol. The molecule has 0 radical (unpaired) electrons. The van der Waals surface area contributed by atoms with E-state index in [1.165, 1.54) is 6.07 Å². The number of nitrogens with one attached hydrogen (secondary N) is 2. The Balaban J connectivity index is 1.95. The SMILES string of the molecule is CC1CCNC1C(=O)NCc1ccccc1OC(F)F. The third kappa shape index (κ3) is 3.66. The smallest absolute Gasteiger partial charge is 0.387 e. The van der Waals surface area contributed by atoms with Crippen molar-refractivity contribution in [2.45, 2.75) is 32.5 Å². The fraction of sp³-hybridized carbons (Fsp3) is 0.500. The van der Waals surface area contributed by atoms with Crippen molar-refractivity contribution in [3.05, 3.63) is 29.8 Å². The molecule has 20 heavy (non-hydrogen) atoms. The van der Waals surface area contributed by atoms with Gasteiger partial charge in [0.15, 0.2) is 0 Å². The second kappa shape index (κ2) is 6.65. The van der Waals surface area contributed by atoms with Gasteiger partial charge in [-0.1, -0.05) is 25.1 Å². The quantitative estimate of drug-likeness (QED) is 0.868. The van der Waals surface area contributed by atoms with Crippen molar-refractivity contribution in [2.75, 3.05) is 6.54 Å². The van der Waals surface area contributed by atoms with Crippen LogP contribution < -0.4 is 15.4 Å². The van der Waals surface area contributed by atoms with Crippen molar-refractivity contribution in [3.8, 4) is 5.75 Å². The molecule has 0 saturated carbocycles. The lowest BCUT2D eigenvalue weighted by atomic mass is 10.0. The molecule has 0 bridgehead atoms. The van der Waals surface area contributed by atoms with Gasteiger partial charge in [0, 0.05) is 12.1 Å². The number of rotatable bonds is 5. The predicted octanol–water partition coefficient (Wildman–Crippen LogP) is 1.90. The van der Waals surface area contributed by atoms with Gasteiger partial charge in [-0.05, 0) is 24.9 Å². The molecular formula is C14H18F2N2O2. The first-order valence-electron chi connectivity index (χ1n) is 6.61. The van der Waals surface area contributed by atoms with Crippen LogP contribution >= 0.6 is 0 Å². The molecule has 1 saturated heterocycles. The van der Waals surface area contributed by atoms with Crippen LogP contribution in [-0.2, 0) is 11.3 Å². The van der Waals surface area contributed by atoms with Gasteiger partial charge < -0.3 is 15.4 Å². The first-order chi connectivity index (χ1) is 9.58. The largest absolute Gasteiger partial charge is 0.434 e. The standard InChI is InChI=1S/C14H18F2N2O2/c1-9-6-7-17-12(9)13(19)18-8-10-4-2-3-5-11(10)20-14(15)16/h2-5,9,12,14,17H,6-8H2,1H3,(H,18,19). The number of para-hydroxylation sites is 1. The molecule has 2 atom stereocenters. The second-order valence-electron chi connectivity index (χ2n) is 4.90. The topological polar surface area (TPSA) is 50.4 Å². The maximum absolute atomic E-state index is 12.3. The van der Waals surface area contributed by atoms with Crippen LogP contribution in [0, 0.1) is 5.92 Å². The van der Waals surface area contributed by atoms with Gasteiger partial charge in [0.1, 0.15) is 5.75 Å². The lowest BCUT2D eigenvalue weighted by Crippen LogP contribution is -2.42. The van der Waals surface area contributed by atoms with Gasteiger partial charge in [0.05, 0.1) is 6.04 Å². The van der Waals surface area contributed by atoms with Gasteiger partial charge in [0.25, 0.3) is 0 Å². The van der Waals surface area contributed by atoms with Crippen molar-refractivity contribution in [1.82, 2.24) is 10.6 Å². The summed E-state index contributed by atoms with van der Waals surface area (Å²) in [6, 6.07) is 6.24. The van der Waals surface area contributed by atoms with E-state index in [1.807, 2.05) is 6.92 Å². The first kappa shape index (κ1) is 14.7. The van der Waals surface area contributed by atoms with Crippen molar-refractivity contribution in [2.24, 2.45) is 5.92 Å². The van der Waals surface area contributed by atoms with E-state index in [-0.39, 0.29) is 30.2 Å². The summed E-state index contributed by atoms with van der Waals surface area (Å²) in [6.45, 7) is 0.137. The first-order valence-corrected chi connectivity index (χ1v) is 6.61. The lowest BCUT2D eigenvalue weighted by molar-refractivity contribution is -0.123. The lowest BCUT2D eigenvalue weighted by Gasteiger charge is -2.16. The molecule has 1 aromatic rings. The zero-order valence-electron chi connectivity index (χ0n) is 11.2. The van der Waals surface area contributed by atoms with Gasteiger partial charge in [-0.25, -0.2) is 0 Å². The van der Waals surface area contributed by atoms with E-state index in [0.29, 0.717) is 5.56 Å². The molecule has 1 aliphatic rings. The summed E-state index contributed by atoms with van der Waals surface area (Å²) < 4.78 is 29.0. The summed E-state index contributed by atoms with van der Waals surface area (Å²) >= 11 is 0. The Morgan fingerprint density at radius 2 is 2.25 bits per heavy atom. The minimum absolute atomic E-state index is 0.0928. The van der Waals surface area contributed by atoms with Gasteiger partial charge in [-0.2, -0.15) is 8.78 Å². The summed E-state index contributed by atoms with van der Waals surface area (Å²) in [4.78, 5) is 12.0. The highest BCUT2D eigenvalue weighted by atomic mass is 19.3. The summed E-state index contributed by atoms with van der Waals surface area (Å²) in [5.41, 5.74) is 0.534. The van der Waals surface area contributed by atoms with Gasteiger partial charge in [0.2, 0.25) is 5.91 Å². The fourth-order valence-electron chi connectivity index (χ4n) is 2.34. The number of halogens is 2. The van der Waals surface area contributed by atoms with E-state index >= 15 is 0 Å². The molecule has 6 heteroatoms. The van der Waals surface area contributed by atoms with E-state index in [2.05, 4.69) is 15.4 Å². The molecule has 2 N–H and O–H groups in total. The van der Waals surface area contributed by atoms with Gasteiger partial charge in [-0.3, -0.25) is 4.79 Å². The van der Waals surface area contributed by atoms with E-state index in [9.17, 15) is 13.6 Å². The summed E-state index contributed by atoms with van der Waals surface area (Å²) in [5.74, 6) is 0.264. The molecule has 1 heterocycles. The molecule has 0 spiro atoms. The Morgan fingerprint density at radius 1 is 1.50 bits per heavy atom. The van der Waals surface area contributed by atoms with Gasteiger partial charge >= 0.3 is 6.61 Å². The number of hydrogen-bond acceptors (Lipinski definition) is 3. The minimum Gasteiger partial charge on any atom is -0.434 e. The number of ether oxygens (including phenoxy) is 1. The van der Waals surface area contributed by atoms with E-state index in [1.54, 1.807) is 18.2 Å². The maximum atomic E-state index is 12.3. The molecule has 1 amide bonds. The fourth-order valence-corrected chi connectivity index (χ4v) is 2.34. The van der Waals surface area contributed by atoms with E-state index < -0.39 is 6.61 Å². The van der Waals surface area contributed by atoms with Crippen LogP contribution in [0.1, 0.15) is 18.9 Å². The average Bonchev–Trinajstić information content (AvgIpc) is 2.83. The number of benzene rings is 1. The van der Waals surface area contributed by atoms with Crippen LogP contribution in [0.15, 0.2) is 24.3 Å². The third-order valence-corrected chi connectivity index (χ3v) is 3.46. The summed E-state index contributed by atoms with van der Waals surface area (Å²) in [5, 5.41) is 5.88. The highest BCUT2D eigenvalue weighted by molar-refractivity contribution is 5.82. The zero-order valence-corrected chi connectivity index (χ0v) is 11.2. The Bertz CT molecular complexity index is 468. The van der Waals surface area contributed by atoms with E-state index in [4.69, 9.17) is 0 Å². The number of amides is 1. The Labute approximate surface area is 116 Å². The third-order valence-electron chi connectivity index (χ3n) is 3.46.